The van der Waals surface area contributed by atoms with Crippen molar-refractivity contribution >= 4 is 52.2 Å². The van der Waals surface area contributed by atoms with Crippen molar-refractivity contribution in [3.8, 4) is 0 Å². The monoisotopic (exact) mass is 666 g/mol. The first-order valence-electron chi connectivity index (χ1n) is 16.6. The van der Waals surface area contributed by atoms with Gasteiger partial charge in [0.25, 0.3) is 5.91 Å². The Morgan fingerprint density at radius 2 is 1.38 bits per heavy atom. The lowest BCUT2D eigenvalue weighted by Gasteiger charge is -2.45. The summed E-state index contributed by atoms with van der Waals surface area (Å²) in [7, 11) is 0. The van der Waals surface area contributed by atoms with Gasteiger partial charge in [0.2, 0.25) is 0 Å². The molecule has 4 aliphatic rings. The second kappa shape index (κ2) is 11.0. The van der Waals surface area contributed by atoms with Gasteiger partial charge in [-0.2, -0.15) is 0 Å². The summed E-state index contributed by atoms with van der Waals surface area (Å²) in [6.07, 6.45) is 3.82. The van der Waals surface area contributed by atoms with Crippen LogP contribution in [-0.2, 0) is 27.1 Å². The number of hydrogen-bond donors (Lipinski definition) is 0. The van der Waals surface area contributed by atoms with Crippen molar-refractivity contribution in [1.29, 1.82) is 0 Å². The van der Waals surface area contributed by atoms with Gasteiger partial charge in [-0.15, -0.1) is 0 Å². The van der Waals surface area contributed by atoms with Crippen molar-refractivity contribution in [1.82, 2.24) is 4.90 Å². The molecule has 0 bridgehead atoms. The summed E-state index contributed by atoms with van der Waals surface area (Å²) in [5.41, 5.74) is 4.64. The van der Waals surface area contributed by atoms with E-state index in [2.05, 4.69) is 47.4 Å². The fraction of sp³-hybridized carbons (Fsp3) is 0.190. The van der Waals surface area contributed by atoms with Crippen LogP contribution in [-0.4, -0.2) is 29.2 Å². The van der Waals surface area contributed by atoms with Crippen molar-refractivity contribution in [2.45, 2.75) is 42.3 Å². The lowest BCUT2D eigenvalue weighted by atomic mass is 9.56. The predicted molar refractivity (Wildman–Crippen MR) is 192 cm³/mol. The van der Waals surface area contributed by atoms with Crippen LogP contribution in [0.3, 0.4) is 0 Å². The van der Waals surface area contributed by atoms with E-state index in [4.69, 9.17) is 23.2 Å². The van der Waals surface area contributed by atoms with Crippen molar-refractivity contribution in [3.05, 3.63) is 171 Å². The van der Waals surface area contributed by atoms with Gasteiger partial charge >= 0.3 is 0 Å². The average molecular weight is 668 g/mol. The van der Waals surface area contributed by atoms with Crippen LogP contribution in [0.2, 0.25) is 10.0 Å². The molecule has 48 heavy (non-hydrogen) atoms. The number of rotatable bonds is 4. The molecule has 2 saturated heterocycles. The lowest BCUT2D eigenvalue weighted by molar-refractivity contribution is -0.137. The summed E-state index contributed by atoms with van der Waals surface area (Å²) < 4.78 is 0. The van der Waals surface area contributed by atoms with E-state index >= 15 is 9.59 Å². The lowest BCUT2D eigenvalue weighted by Crippen LogP contribution is -2.62. The molecule has 5 aromatic carbocycles. The summed E-state index contributed by atoms with van der Waals surface area (Å²) in [5, 5.41) is 1.28. The molecule has 6 heteroatoms. The van der Waals surface area contributed by atoms with Gasteiger partial charge in [0.05, 0.1) is 12.0 Å². The Hall–Kier alpha value is -4.48. The number of ketones is 1. The number of para-hydroxylation sites is 1. The third-order valence-electron chi connectivity index (χ3n) is 11.1. The highest BCUT2D eigenvalue weighted by Gasteiger charge is 2.80. The van der Waals surface area contributed by atoms with Crippen molar-refractivity contribution in [3.63, 3.8) is 0 Å². The number of amides is 1. The van der Waals surface area contributed by atoms with E-state index in [1.165, 1.54) is 0 Å². The fourth-order valence-electron chi connectivity index (χ4n) is 9.51. The van der Waals surface area contributed by atoms with Gasteiger partial charge in [-0.25, -0.2) is 0 Å². The van der Waals surface area contributed by atoms with Gasteiger partial charge < -0.3 is 4.90 Å². The highest BCUT2D eigenvalue weighted by atomic mass is 35.5. The molecule has 236 valence electrons. The first-order valence-corrected chi connectivity index (χ1v) is 17.3. The maximum absolute atomic E-state index is 16.0. The smallest absolute Gasteiger partial charge is 0.253 e. The topological polar surface area (TPSA) is 40.6 Å². The van der Waals surface area contributed by atoms with Crippen molar-refractivity contribution < 1.29 is 9.59 Å². The molecule has 0 radical (unpaired) electrons. The molecule has 0 unspecified atom stereocenters. The second-order valence-electron chi connectivity index (χ2n) is 13.3. The van der Waals surface area contributed by atoms with Crippen LogP contribution in [0.25, 0.3) is 11.6 Å². The van der Waals surface area contributed by atoms with Gasteiger partial charge in [-0.1, -0.05) is 120 Å². The quantitative estimate of drug-likeness (QED) is 0.180. The highest BCUT2D eigenvalue weighted by Crippen LogP contribution is 2.72. The number of carbonyl (C=O) groups excluding carboxylic acids is 2. The van der Waals surface area contributed by atoms with Crippen LogP contribution in [0, 0.1) is 0 Å². The molecule has 9 rings (SSSR count). The molecule has 1 amide bonds. The Bertz CT molecular complexity index is 2130. The summed E-state index contributed by atoms with van der Waals surface area (Å²) in [4.78, 5) is 36.2. The number of hydrogen-bond acceptors (Lipinski definition) is 3. The van der Waals surface area contributed by atoms with E-state index in [1.54, 1.807) is 0 Å². The third kappa shape index (κ3) is 3.88. The Labute approximate surface area is 290 Å². The molecule has 4 atom stereocenters. The summed E-state index contributed by atoms with van der Waals surface area (Å²) in [6.45, 7) is 1.14. The molecule has 2 fully saturated rings. The SMILES string of the molecule is O=C1/C(=C/c2ccc(Cl)cc2)c2ccccc2[C@]12[C@@H](c1ccc(Cl)cc1)[C@@H]1CCCN1[C@]21C(=O)N(Cc2ccccc2)c2ccccc21. The number of Topliss-reactive ketones (excluding diaryl/α,β-unsaturated/α-hetero) is 1. The van der Waals surface area contributed by atoms with E-state index in [-0.39, 0.29) is 23.7 Å². The van der Waals surface area contributed by atoms with Crippen LogP contribution in [0.1, 0.15) is 52.1 Å². The zero-order valence-corrected chi connectivity index (χ0v) is 27.7. The standard InChI is InChI=1S/C42H32Cl2N2O2/c43-30-20-16-27(17-21-30)25-33-32-11-4-5-12-34(32)41(39(33)47)38(29-18-22-31(44)23-19-29)37-15-8-24-46(37)42(41)35-13-6-7-14-36(35)45(40(42)48)26-28-9-2-1-3-10-28/h1-7,9-14,16-23,25,37-38H,8,15,24,26H2/b33-25+/t37-,38-,41-,42+/m0/s1. The maximum Gasteiger partial charge on any atom is 0.253 e. The second-order valence-corrected chi connectivity index (χ2v) is 14.2. The molecule has 2 spiro atoms. The first kappa shape index (κ1) is 29.6. The Kier molecular flexibility index (Phi) is 6.81. The van der Waals surface area contributed by atoms with Gasteiger partial charge in [0, 0.05) is 38.8 Å². The maximum atomic E-state index is 16.0. The average Bonchev–Trinajstić information content (AvgIpc) is 3.82. The Morgan fingerprint density at radius 3 is 2.12 bits per heavy atom. The summed E-state index contributed by atoms with van der Waals surface area (Å²) in [5.74, 6) is -0.347. The fourth-order valence-corrected chi connectivity index (χ4v) is 9.76. The van der Waals surface area contributed by atoms with Crippen LogP contribution in [0.4, 0.5) is 5.69 Å². The molecular weight excluding hydrogens is 635 g/mol. The van der Waals surface area contributed by atoms with Crippen LogP contribution in [0.15, 0.2) is 127 Å². The minimum atomic E-state index is -1.26. The molecule has 3 aliphatic heterocycles. The van der Waals surface area contributed by atoms with E-state index in [0.29, 0.717) is 22.2 Å². The van der Waals surface area contributed by atoms with Crippen LogP contribution < -0.4 is 4.90 Å². The first-order chi connectivity index (χ1) is 23.5. The number of halogens is 2. The predicted octanol–water partition coefficient (Wildman–Crippen LogP) is 9.06. The minimum absolute atomic E-state index is 0.0160. The molecule has 4 nitrogen and oxygen atoms in total. The van der Waals surface area contributed by atoms with E-state index in [0.717, 1.165) is 58.5 Å². The third-order valence-corrected chi connectivity index (χ3v) is 11.6. The molecule has 0 saturated carbocycles. The zero-order chi connectivity index (χ0) is 32.6. The summed E-state index contributed by atoms with van der Waals surface area (Å²) in [6, 6.07) is 41.9. The van der Waals surface area contributed by atoms with Crippen LogP contribution in [0.5, 0.6) is 0 Å². The number of fused-ring (bicyclic) bond motifs is 7. The molecule has 1 aliphatic carbocycles. The number of anilines is 1. The zero-order valence-electron chi connectivity index (χ0n) is 26.2. The van der Waals surface area contributed by atoms with Crippen molar-refractivity contribution in [2.24, 2.45) is 0 Å². The number of allylic oxidation sites excluding steroid dienone is 1. The number of benzene rings is 5. The summed E-state index contributed by atoms with van der Waals surface area (Å²) >= 11 is 12.7. The molecule has 0 N–H and O–H groups in total. The molecular formula is C42H32Cl2N2O2. The van der Waals surface area contributed by atoms with E-state index in [9.17, 15) is 0 Å². The highest BCUT2D eigenvalue weighted by molar-refractivity contribution is 6.36. The Morgan fingerprint density at radius 1 is 0.729 bits per heavy atom. The number of nitrogens with zero attached hydrogens (tertiary/aromatic N) is 2. The van der Waals surface area contributed by atoms with Gasteiger partial charge in [0.15, 0.2) is 5.78 Å². The minimum Gasteiger partial charge on any atom is -0.306 e. The molecule has 0 aromatic heterocycles. The van der Waals surface area contributed by atoms with Gasteiger partial charge in [-0.05, 0) is 83.6 Å². The normalized spacial score (nSPS) is 26.5. The van der Waals surface area contributed by atoms with Gasteiger partial charge in [-0.3, -0.25) is 14.5 Å². The van der Waals surface area contributed by atoms with E-state index < -0.39 is 11.0 Å². The largest absolute Gasteiger partial charge is 0.306 e. The van der Waals surface area contributed by atoms with Crippen molar-refractivity contribution in [2.75, 3.05) is 11.4 Å². The number of carbonyl (C=O) groups is 2. The Balaban J connectivity index is 1.37. The van der Waals surface area contributed by atoms with Gasteiger partial charge in [0.1, 0.15) is 5.54 Å². The van der Waals surface area contributed by atoms with E-state index in [1.807, 2.05) is 95.9 Å². The van der Waals surface area contributed by atoms with Crippen LogP contribution >= 0.6 is 23.2 Å². The molecule has 5 aromatic rings. The molecule has 3 heterocycles.